The van der Waals surface area contributed by atoms with Crippen molar-refractivity contribution in [3.8, 4) is 0 Å². The van der Waals surface area contributed by atoms with Gasteiger partial charge in [0.15, 0.2) is 0 Å². The molecule has 0 saturated heterocycles. The molecule has 0 aliphatic rings. The van der Waals surface area contributed by atoms with Crippen LogP contribution in [0.4, 0.5) is 0 Å². The molecule has 1 atom stereocenters. The van der Waals surface area contributed by atoms with Gasteiger partial charge in [-0.1, -0.05) is 29.3 Å². The predicted molar refractivity (Wildman–Crippen MR) is 55.7 cm³/mol. The Bertz CT molecular complexity index is 371. The van der Waals surface area contributed by atoms with E-state index in [1.807, 2.05) is 0 Å². The van der Waals surface area contributed by atoms with Gasteiger partial charge >= 0.3 is 29.6 Å². The number of carbonyl (C=O) groups is 1. The number of halogens is 2. The Morgan fingerprint density at radius 3 is 2.50 bits per heavy atom. The third-order valence-corrected chi connectivity index (χ3v) is 2.69. The van der Waals surface area contributed by atoms with Crippen LogP contribution >= 0.6 is 23.2 Å². The Morgan fingerprint density at radius 2 is 2.00 bits per heavy atom. The minimum absolute atomic E-state index is 0. The molecule has 1 N–H and O–H groups in total. The Kier molecular flexibility index (Phi) is 7.64. The van der Waals surface area contributed by atoms with Gasteiger partial charge in [0.1, 0.15) is 0 Å². The van der Waals surface area contributed by atoms with Gasteiger partial charge in [0, 0.05) is 5.97 Å². The maximum Gasteiger partial charge on any atom is 1.00 e. The SMILES string of the molecule is O=C([O-])CCC(O)c1ccc(Cl)c(Cl)c1.[Na+]. The fourth-order valence-electron chi connectivity index (χ4n) is 1.14. The molecular weight excluding hydrogens is 262 g/mol. The molecule has 0 spiro atoms. The summed E-state index contributed by atoms with van der Waals surface area (Å²) in [4.78, 5) is 10.2. The maximum absolute atomic E-state index is 10.2. The second-order valence-electron chi connectivity index (χ2n) is 3.10. The van der Waals surface area contributed by atoms with E-state index in [0.29, 0.717) is 15.6 Å². The summed E-state index contributed by atoms with van der Waals surface area (Å²) in [6.07, 6.45) is -0.959. The van der Waals surface area contributed by atoms with Crippen molar-refractivity contribution in [3.63, 3.8) is 0 Å². The van der Waals surface area contributed by atoms with E-state index in [-0.39, 0.29) is 42.4 Å². The van der Waals surface area contributed by atoms with Gasteiger partial charge in [-0.15, -0.1) is 0 Å². The van der Waals surface area contributed by atoms with E-state index in [1.165, 1.54) is 6.07 Å². The van der Waals surface area contributed by atoms with E-state index < -0.39 is 12.1 Å². The van der Waals surface area contributed by atoms with Gasteiger partial charge in [-0.2, -0.15) is 0 Å². The number of carbonyl (C=O) groups excluding carboxylic acids is 1. The molecule has 1 unspecified atom stereocenters. The molecule has 6 heteroatoms. The molecule has 0 amide bonds. The van der Waals surface area contributed by atoms with Crippen LogP contribution in [0.5, 0.6) is 0 Å². The number of carboxylic acids is 1. The smallest absolute Gasteiger partial charge is 0.550 e. The minimum atomic E-state index is -1.19. The molecule has 1 aromatic rings. The summed E-state index contributed by atoms with van der Waals surface area (Å²) in [6.45, 7) is 0. The number of benzene rings is 1. The van der Waals surface area contributed by atoms with E-state index in [9.17, 15) is 15.0 Å². The zero-order valence-corrected chi connectivity index (χ0v) is 12.3. The van der Waals surface area contributed by atoms with Crippen molar-refractivity contribution in [1.29, 1.82) is 0 Å². The molecular formula is C10H9Cl2NaO3. The number of rotatable bonds is 4. The second-order valence-corrected chi connectivity index (χ2v) is 3.91. The monoisotopic (exact) mass is 270 g/mol. The molecule has 0 aromatic heterocycles. The zero-order valence-electron chi connectivity index (χ0n) is 8.74. The Labute approximate surface area is 126 Å². The van der Waals surface area contributed by atoms with Gasteiger partial charge in [-0.3, -0.25) is 0 Å². The molecule has 3 nitrogen and oxygen atoms in total. The van der Waals surface area contributed by atoms with Gasteiger partial charge < -0.3 is 15.0 Å². The molecule has 0 aliphatic heterocycles. The van der Waals surface area contributed by atoms with Crippen LogP contribution in [0.2, 0.25) is 10.0 Å². The van der Waals surface area contributed by atoms with E-state index >= 15 is 0 Å². The summed E-state index contributed by atoms with van der Waals surface area (Å²) in [5.41, 5.74) is 0.547. The number of hydrogen-bond donors (Lipinski definition) is 1. The van der Waals surface area contributed by atoms with Crippen LogP contribution in [0.3, 0.4) is 0 Å². The average Bonchev–Trinajstić information content (AvgIpc) is 2.18. The zero-order chi connectivity index (χ0) is 11.4. The Hall–Kier alpha value is 0.230. The molecule has 1 rings (SSSR count). The van der Waals surface area contributed by atoms with E-state index in [2.05, 4.69) is 0 Å². The summed E-state index contributed by atoms with van der Waals surface area (Å²) in [6, 6.07) is 4.68. The van der Waals surface area contributed by atoms with E-state index in [4.69, 9.17) is 23.2 Å². The molecule has 0 heterocycles. The first-order valence-electron chi connectivity index (χ1n) is 4.33. The molecule has 1 aromatic carbocycles. The molecule has 0 fully saturated rings. The molecule has 0 bridgehead atoms. The number of hydrogen-bond acceptors (Lipinski definition) is 3. The van der Waals surface area contributed by atoms with Crippen LogP contribution in [0.15, 0.2) is 18.2 Å². The molecule has 0 aliphatic carbocycles. The van der Waals surface area contributed by atoms with Crippen LogP contribution in [0.1, 0.15) is 24.5 Å². The summed E-state index contributed by atoms with van der Waals surface area (Å²) < 4.78 is 0. The van der Waals surface area contributed by atoms with E-state index in [0.717, 1.165) is 0 Å². The van der Waals surface area contributed by atoms with Crippen LogP contribution in [-0.4, -0.2) is 11.1 Å². The summed E-state index contributed by atoms with van der Waals surface area (Å²) in [5, 5.41) is 20.5. The third kappa shape index (κ3) is 5.04. The first-order chi connectivity index (χ1) is 7.00. The number of aliphatic carboxylic acids is 1. The second kappa shape index (κ2) is 7.54. The van der Waals surface area contributed by atoms with Crippen molar-refractivity contribution in [2.45, 2.75) is 18.9 Å². The van der Waals surface area contributed by atoms with Crippen molar-refractivity contribution in [2.24, 2.45) is 0 Å². The van der Waals surface area contributed by atoms with Crippen LogP contribution in [0.25, 0.3) is 0 Å². The van der Waals surface area contributed by atoms with Crippen molar-refractivity contribution in [2.75, 3.05) is 0 Å². The molecule has 0 saturated carbocycles. The fraction of sp³-hybridized carbons (Fsp3) is 0.300. The van der Waals surface area contributed by atoms with Gasteiger partial charge in [0.2, 0.25) is 0 Å². The molecule has 82 valence electrons. The predicted octanol–water partition coefficient (Wildman–Crippen LogP) is -1.44. The number of aliphatic hydroxyl groups excluding tert-OH is 1. The standard InChI is InChI=1S/C10H10Cl2O3.Na/c11-7-2-1-6(5-8(7)12)9(13)3-4-10(14)15;/h1-2,5,9,13H,3-4H2,(H,14,15);/q;+1/p-1. The summed E-state index contributed by atoms with van der Waals surface area (Å²) in [7, 11) is 0. The van der Waals surface area contributed by atoms with Gasteiger partial charge in [-0.25, -0.2) is 0 Å². The van der Waals surface area contributed by atoms with Gasteiger partial charge in [0.05, 0.1) is 16.1 Å². The van der Waals surface area contributed by atoms with Crippen molar-refractivity contribution in [3.05, 3.63) is 33.8 Å². The summed E-state index contributed by atoms with van der Waals surface area (Å²) in [5.74, 6) is -1.19. The topological polar surface area (TPSA) is 60.4 Å². The van der Waals surface area contributed by atoms with Crippen molar-refractivity contribution in [1.82, 2.24) is 0 Å². The normalized spacial score (nSPS) is 11.7. The largest absolute Gasteiger partial charge is 1.00 e. The summed E-state index contributed by atoms with van der Waals surface area (Å²) >= 11 is 11.4. The van der Waals surface area contributed by atoms with Crippen molar-refractivity contribution < 1.29 is 44.6 Å². The van der Waals surface area contributed by atoms with Crippen LogP contribution < -0.4 is 34.7 Å². The van der Waals surface area contributed by atoms with Crippen LogP contribution in [0, 0.1) is 0 Å². The van der Waals surface area contributed by atoms with Crippen LogP contribution in [-0.2, 0) is 4.79 Å². The number of aliphatic hydroxyl groups is 1. The quantitative estimate of drug-likeness (QED) is 0.682. The Morgan fingerprint density at radius 1 is 1.38 bits per heavy atom. The first kappa shape index (κ1) is 16.2. The fourth-order valence-corrected chi connectivity index (χ4v) is 1.45. The molecule has 0 radical (unpaired) electrons. The number of carboxylic acid groups (broad SMARTS) is 1. The van der Waals surface area contributed by atoms with Crippen molar-refractivity contribution >= 4 is 29.2 Å². The van der Waals surface area contributed by atoms with Gasteiger partial charge in [-0.05, 0) is 30.5 Å². The van der Waals surface area contributed by atoms with Gasteiger partial charge in [0.25, 0.3) is 0 Å². The third-order valence-electron chi connectivity index (χ3n) is 1.95. The maximum atomic E-state index is 10.2. The Balaban J connectivity index is 0.00000225. The average molecular weight is 271 g/mol. The first-order valence-corrected chi connectivity index (χ1v) is 5.09. The minimum Gasteiger partial charge on any atom is -0.550 e. The molecule has 16 heavy (non-hydrogen) atoms. The van der Waals surface area contributed by atoms with E-state index in [1.54, 1.807) is 12.1 Å².